The van der Waals surface area contributed by atoms with Crippen molar-refractivity contribution in [2.45, 2.75) is 90.6 Å². The Balaban J connectivity index is 1.16. The molecule has 4 amide bonds. The van der Waals surface area contributed by atoms with Crippen LogP contribution in [0.25, 0.3) is 0 Å². The lowest BCUT2D eigenvalue weighted by atomic mass is 9.82. The van der Waals surface area contributed by atoms with Crippen molar-refractivity contribution in [3.63, 3.8) is 0 Å². The molecular formula is C30H43N5O3S. The lowest BCUT2D eigenvalue weighted by molar-refractivity contribution is -0.125. The molecule has 3 aliphatic heterocycles. The monoisotopic (exact) mass is 553 g/mol. The van der Waals surface area contributed by atoms with Gasteiger partial charge in [-0.25, -0.2) is 9.69 Å². The van der Waals surface area contributed by atoms with Crippen molar-refractivity contribution < 1.29 is 14.4 Å². The van der Waals surface area contributed by atoms with E-state index in [9.17, 15) is 14.4 Å². The third kappa shape index (κ3) is 5.12. The number of benzene rings is 1. The van der Waals surface area contributed by atoms with E-state index in [0.717, 1.165) is 73.8 Å². The van der Waals surface area contributed by atoms with Gasteiger partial charge in [-0.2, -0.15) is 0 Å². The molecule has 0 atom stereocenters. The number of rotatable bonds is 6. The Morgan fingerprint density at radius 3 is 2.21 bits per heavy atom. The quantitative estimate of drug-likeness (QED) is 0.402. The third-order valence-electron chi connectivity index (χ3n) is 9.56. The van der Waals surface area contributed by atoms with Crippen molar-refractivity contribution in [3.8, 4) is 0 Å². The van der Waals surface area contributed by atoms with Crippen molar-refractivity contribution in [2.75, 3.05) is 30.8 Å². The number of urea groups is 1. The second kappa shape index (κ2) is 10.5. The number of amidine groups is 1. The molecule has 1 saturated carbocycles. The van der Waals surface area contributed by atoms with Gasteiger partial charge in [-0.05, 0) is 94.5 Å². The number of anilines is 1. The molecule has 3 heterocycles. The van der Waals surface area contributed by atoms with Crippen LogP contribution >= 0.6 is 11.9 Å². The molecule has 3 fully saturated rings. The first-order valence-electron chi connectivity index (χ1n) is 14.4. The van der Waals surface area contributed by atoms with Gasteiger partial charge in [0.15, 0.2) is 0 Å². The highest BCUT2D eigenvalue weighted by Crippen LogP contribution is 2.37. The van der Waals surface area contributed by atoms with Crippen molar-refractivity contribution in [3.05, 3.63) is 28.8 Å². The minimum absolute atomic E-state index is 0.108. The number of amides is 4. The van der Waals surface area contributed by atoms with E-state index in [1.165, 1.54) is 28.2 Å². The van der Waals surface area contributed by atoms with Crippen LogP contribution in [0.2, 0.25) is 0 Å². The lowest BCUT2D eigenvalue weighted by Gasteiger charge is -2.34. The topological polar surface area (TPSA) is 85.3 Å². The minimum Gasteiger partial charge on any atom is -0.313 e. The van der Waals surface area contributed by atoms with Gasteiger partial charge in [0, 0.05) is 31.8 Å². The molecule has 8 nitrogen and oxygen atoms in total. The van der Waals surface area contributed by atoms with Crippen LogP contribution in [0.3, 0.4) is 0 Å². The number of hydrogen-bond donors (Lipinski definition) is 1. The van der Waals surface area contributed by atoms with Crippen LogP contribution in [-0.4, -0.2) is 69.9 Å². The molecule has 9 heteroatoms. The molecule has 0 bridgehead atoms. The highest BCUT2D eigenvalue weighted by atomic mass is 32.2. The smallest absolute Gasteiger partial charge is 0.313 e. The third-order valence-corrected chi connectivity index (χ3v) is 10.7. The molecule has 1 spiro atoms. The van der Waals surface area contributed by atoms with Gasteiger partial charge < -0.3 is 10.2 Å². The van der Waals surface area contributed by atoms with Gasteiger partial charge >= 0.3 is 6.03 Å². The van der Waals surface area contributed by atoms with E-state index in [0.29, 0.717) is 11.6 Å². The number of likely N-dealkylation sites (N-methyl/N-ethyl adjacent to an activating group) is 1. The van der Waals surface area contributed by atoms with Gasteiger partial charge in [-0.15, -0.1) is 0 Å². The van der Waals surface area contributed by atoms with Crippen molar-refractivity contribution >= 4 is 41.3 Å². The normalized spacial score (nSPS) is 26.9. The first kappa shape index (κ1) is 28.1. The number of aryl methyl sites for hydroxylation is 2. The van der Waals surface area contributed by atoms with Gasteiger partial charge in [-0.3, -0.25) is 18.9 Å². The summed E-state index contributed by atoms with van der Waals surface area (Å²) in [6.45, 7) is 11.7. The highest BCUT2D eigenvalue weighted by molar-refractivity contribution is 7.97. The second-order valence-corrected chi connectivity index (χ2v) is 13.7. The number of piperidine rings is 1. The maximum absolute atomic E-state index is 13.0. The molecule has 2 saturated heterocycles. The zero-order valence-electron chi connectivity index (χ0n) is 24.3. The van der Waals surface area contributed by atoms with E-state index in [2.05, 4.69) is 30.4 Å². The summed E-state index contributed by atoms with van der Waals surface area (Å²) in [5.41, 5.74) is 2.69. The molecular weight excluding hydrogens is 510 g/mol. The van der Waals surface area contributed by atoms with Crippen molar-refractivity contribution in [1.29, 1.82) is 0 Å². The number of imide groups is 1. The van der Waals surface area contributed by atoms with E-state index in [4.69, 9.17) is 4.99 Å². The fraction of sp³-hybridized carbons (Fsp3) is 0.667. The summed E-state index contributed by atoms with van der Waals surface area (Å²) in [6.07, 6.45) is 7.17. The van der Waals surface area contributed by atoms with Crippen LogP contribution in [0.4, 0.5) is 10.5 Å². The molecule has 0 radical (unpaired) electrons. The highest BCUT2D eigenvalue weighted by Gasteiger charge is 2.50. The Hall–Kier alpha value is -2.39. The predicted octanol–water partition coefficient (Wildman–Crippen LogP) is 4.86. The van der Waals surface area contributed by atoms with Gasteiger partial charge in [0.05, 0.1) is 5.69 Å². The second-order valence-electron chi connectivity index (χ2n) is 12.6. The molecule has 4 aliphatic rings. The maximum Gasteiger partial charge on any atom is 0.332 e. The molecule has 0 unspecified atom stereocenters. The number of aliphatic imine (C=N–C) groups is 1. The minimum atomic E-state index is -0.845. The number of carbonyl (C=O) groups excluding carboxylic acids is 3. The van der Waals surface area contributed by atoms with Crippen molar-refractivity contribution in [1.82, 2.24) is 14.5 Å². The molecule has 39 heavy (non-hydrogen) atoms. The summed E-state index contributed by atoms with van der Waals surface area (Å²) in [7, 11) is 1.68. The summed E-state index contributed by atoms with van der Waals surface area (Å²) in [6, 6.07) is 3.64. The standard InChI is InChI=1S/C30H43N5O3S/c1-19-7-9-22(10-8-19)25-31-26(36)30(32-25)12-14-34(15-13-30)39-16-11-24-20(2)17-23(18-21(24)3)35-27(37)29(4,5)33(6)28(35)38/h17-19,22H,7-16H2,1-6H3,(H,31,32,36). The fourth-order valence-corrected chi connectivity index (χ4v) is 7.48. The van der Waals surface area contributed by atoms with E-state index in [1.54, 1.807) is 20.9 Å². The average molecular weight is 554 g/mol. The average Bonchev–Trinajstić information content (AvgIpc) is 3.28. The van der Waals surface area contributed by atoms with Crippen LogP contribution in [0, 0.1) is 25.7 Å². The Morgan fingerprint density at radius 1 is 1.03 bits per heavy atom. The summed E-state index contributed by atoms with van der Waals surface area (Å²) in [5.74, 6) is 3.01. The van der Waals surface area contributed by atoms with Gasteiger partial charge in [0.2, 0.25) is 0 Å². The molecule has 1 N–H and O–H groups in total. The summed E-state index contributed by atoms with van der Waals surface area (Å²) < 4.78 is 2.38. The number of nitrogens with zero attached hydrogens (tertiary/aromatic N) is 4. The Labute approximate surface area is 237 Å². The first-order valence-corrected chi connectivity index (χ1v) is 15.4. The van der Waals surface area contributed by atoms with E-state index >= 15 is 0 Å². The summed E-state index contributed by atoms with van der Waals surface area (Å²) >= 11 is 1.84. The molecule has 212 valence electrons. The first-order chi connectivity index (χ1) is 18.4. The number of nitrogens with one attached hydrogen (secondary N) is 1. The van der Waals surface area contributed by atoms with Gasteiger partial charge in [0.25, 0.3) is 11.8 Å². The zero-order valence-corrected chi connectivity index (χ0v) is 25.1. The Bertz CT molecular complexity index is 1170. The van der Waals surface area contributed by atoms with Crippen LogP contribution in [0.15, 0.2) is 17.1 Å². The van der Waals surface area contributed by atoms with Crippen LogP contribution in [-0.2, 0) is 16.0 Å². The van der Waals surface area contributed by atoms with E-state index in [-0.39, 0.29) is 17.8 Å². The molecule has 0 aromatic heterocycles. The van der Waals surface area contributed by atoms with Crippen LogP contribution < -0.4 is 10.2 Å². The molecule has 1 aromatic rings. The van der Waals surface area contributed by atoms with Gasteiger partial charge in [0.1, 0.15) is 16.9 Å². The SMILES string of the molecule is Cc1cc(N2C(=O)N(C)C(C)(C)C2=O)cc(C)c1CCSN1CCC2(CC1)N=C(C1CCC(C)CC1)NC2=O. The Kier molecular flexibility index (Phi) is 7.61. The van der Waals surface area contributed by atoms with Crippen molar-refractivity contribution in [2.24, 2.45) is 16.8 Å². The van der Waals surface area contributed by atoms with Crippen LogP contribution in [0.1, 0.15) is 76.0 Å². The predicted molar refractivity (Wildman–Crippen MR) is 157 cm³/mol. The van der Waals surface area contributed by atoms with E-state index in [1.807, 2.05) is 24.1 Å². The maximum atomic E-state index is 13.0. The van der Waals surface area contributed by atoms with Crippen LogP contribution in [0.5, 0.6) is 0 Å². The molecule has 5 rings (SSSR count). The zero-order chi connectivity index (χ0) is 28.1. The molecule has 1 aromatic carbocycles. The fourth-order valence-electron chi connectivity index (χ4n) is 6.48. The Morgan fingerprint density at radius 2 is 1.64 bits per heavy atom. The summed E-state index contributed by atoms with van der Waals surface area (Å²) in [5, 5.41) is 3.17. The van der Waals surface area contributed by atoms with E-state index < -0.39 is 11.1 Å². The van der Waals surface area contributed by atoms with Gasteiger partial charge in [-0.1, -0.05) is 31.7 Å². The largest absolute Gasteiger partial charge is 0.332 e. The number of hydrogen-bond acceptors (Lipinski definition) is 6. The number of carbonyl (C=O) groups is 3. The lowest BCUT2D eigenvalue weighted by Crippen LogP contribution is -2.47. The molecule has 1 aliphatic carbocycles. The summed E-state index contributed by atoms with van der Waals surface area (Å²) in [4.78, 5) is 46.6.